The van der Waals surface area contributed by atoms with Gasteiger partial charge in [0.05, 0.1) is 0 Å². The fraction of sp³-hybridized carbons (Fsp3) is 0.941. The SMILES string of the molecule is CC(C)(C)OC(=O)N1CCC(C2CCCC2)C1.CC(C)(O)O. The smallest absolute Gasteiger partial charge is 0.410 e. The second-order valence-corrected chi connectivity index (χ2v) is 8.01. The number of hydrogen-bond acceptors (Lipinski definition) is 4. The molecule has 0 spiro atoms. The molecule has 2 N–H and O–H groups in total. The monoisotopic (exact) mass is 315 g/mol. The fourth-order valence-corrected chi connectivity index (χ4v) is 3.09. The van der Waals surface area contributed by atoms with Crippen LogP contribution in [0, 0.1) is 11.8 Å². The summed E-state index contributed by atoms with van der Waals surface area (Å²) >= 11 is 0. The van der Waals surface area contributed by atoms with E-state index in [1.54, 1.807) is 0 Å². The zero-order chi connectivity index (χ0) is 17.0. The number of likely N-dealkylation sites (tertiary alicyclic amines) is 1. The number of ether oxygens (including phenoxy) is 1. The van der Waals surface area contributed by atoms with E-state index >= 15 is 0 Å². The van der Waals surface area contributed by atoms with Crippen LogP contribution in [0.15, 0.2) is 0 Å². The highest BCUT2D eigenvalue weighted by Gasteiger charge is 2.34. The van der Waals surface area contributed by atoms with Crippen LogP contribution in [-0.2, 0) is 4.74 Å². The van der Waals surface area contributed by atoms with Crippen molar-refractivity contribution < 1.29 is 19.7 Å². The quantitative estimate of drug-likeness (QED) is 0.729. The van der Waals surface area contributed by atoms with Crippen LogP contribution in [0.25, 0.3) is 0 Å². The number of aliphatic hydroxyl groups is 2. The molecule has 1 aliphatic heterocycles. The first kappa shape index (κ1) is 19.2. The molecule has 1 heterocycles. The van der Waals surface area contributed by atoms with Crippen LogP contribution >= 0.6 is 0 Å². The van der Waals surface area contributed by atoms with Gasteiger partial charge in [0.1, 0.15) is 5.60 Å². The summed E-state index contributed by atoms with van der Waals surface area (Å²) in [6.45, 7) is 10.2. The van der Waals surface area contributed by atoms with Gasteiger partial charge in [-0.15, -0.1) is 0 Å². The van der Waals surface area contributed by atoms with Crippen LogP contribution < -0.4 is 0 Å². The van der Waals surface area contributed by atoms with Crippen molar-refractivity contribution in [2.45, 2.75) is 78.1 Å². The second-order valence-electron chi connectivity index (χ2n) is 8.01. The third kappa shape index (κ3) is 7.99. The predicted molar refractivity (Wildman–Crippen MR) is 86.4 cm³/mol. The first-order chi connectivity index (χ1) is 9.96. The van der Waals surface area contributed by atoms with Crippen molar-refractivity contribution in [3.8, 4) is 0 Å². The van der Waals surface area contributed by atoms with Crippen LogP contribution in [-0.4, -0.2) is 45.7 Å². The van der Waals surface area contributed by atoms with E-state index in [-0.39, 0.29) is 11.7 Å². The van der Waals surface area contributed by atoms with E-state index in [1.807, 2.05) is 25.7 Å². The molecule has 1 saturated heterocycles. The average Bonchev–Trinajstić information content (AvgIpc) is 2.95. The maximum atomic E-state index is 11.9. The lowest BCUT2D eigenvalue weighted by atomic mass is 9.90. The molecule has 1 aliphatic carbocycles. The molecule has 1 atom stereocenters. The number of amides is 1. The highest BCUT2D eigenvalue weighted by atomic mass is 16.6. The Kier molecular flexibility index (Phi) is 6.68. The average molecular weight is 315 g/mol. The Balaban J connectivity index is 0.000000422. The van der Waals surface area contributed by atoms with E-state index in [9.17, 15) is 4.79 Å². The zero-order valence-electron chi connectivity index (χ0n) is 14.8. The second kappa shape index (κ2) is 7.64. The zero-order valence-corrected chi connectivity index (χ0v) is 14.8. The van der Waals surface area contributed by atoms with E-state index in [2.05, 4.69) is 0 Å². The van der Waals surface area contributed by atoms with Crippen LogP contribution in [0.3, 0.4) is 0 Å². The minimum absolute atomic E-state index is 0.127. The van der Waals surface area contributed by atoms with Crippen LogP contribution in [0.2, 0.25) is 0 Å². The Morgan fingerprint density at radius 3 is 1.95 bits per heavy atom. The molecule has 2 aliphatic rings. The summed E-state index contributed by atoms with van der Waals surface area (Å²) in [4.78, 5) is 13.8. The van der Waals surface area contributed by atoms with Gasteiger partial charge in [0.2, 0.25) is 0 Å². The molecule has 0 radical (unpaired) electrons. The molecule has 5 nitrogen and oxygen atoms in total. The summed E-state index contributed by atoms with van der Waals surface area (Å²) in [6.07, 6.45) is 6.54. The van der Waals surface area contributed by atoms with Crippen molar-refractivity contribution in [1.82, 2.24) is 4.90 Å². The molecular formula is C17H33NO4. The molecule has 0 aromatic carbocycles. The molecule has 0 aromatic rings. The first-order valence-corrected chi connectivity index (χ1v) is 8.38. The van der Waals surface area contributed by atoms with Crippen molar-refractivity contribution in [3.63, 3.8) is 0 Å². The standard InChI is InChI=1S/C14H25NO2.C3H8O2/c1-14(2,3)17-13(16)15-9-8-12(10-15)11-6-4-5-7-11;1-3(2,4)5/h11-12H,4-10H2,1-3H3;4-5H,1-2H3. The van der Waals surface area contributed by atoms with Gasteiger partial charge in [-0.25, -0.2) is 4.79 Å². The number of nitrogens with zero attached hydrogens (tertiary/aromatic N) is 1. The highest BCUT2D eigenvalue weighted by Crippen LogP contribution is 2.36. The molecule has 130 valence electrons. The molecule has 1 unspecified atom stereocenters. The van der Waals surface area contributed by atoms with Gasteiger partial charge < -0.3 is 19.8 Å². The largest absolute Gasteiger partial charge is 0.444 e. The third-order valence-corrected chi connectivity index (χ3v) is 3.94. The molecule has 5 heteroatoms. The summed E-state index contributed by atoms with van der Waals surface area (Å²) in [7, 11) is 0. The summed E-state index contributed by atoms with van der Waals surface area (Å²) in [6, 6.07) is 0. The molecule has 2 rings (SSSR count). The van der Waals surface area contributed by atoms with Gasteiger partial charge in [-0.1, -0.05) is 25.7 Å². The highest BCUT2D eigenvalue weighted by molar-refractivity contribution is 5.68. The van der Waals surface area contributed by atoms with Crippen molar-refractivity contribution in [1.29, 1.82) is 0 Å². The molecule has 1 amide bonds. The van der Waals surface area contributed by atoms with E-state index in [0.29, 0.717) is 0 Å². The minimum Gasteiger partial charge on any atom is -0.444 e. The normalized spacial score (nSPS) is 23.2. The summed E-state index contributed by atoms with van der Waals surface area (Å²) in [5.41, 5.74) is -0.372. The maximum Gasteiger partial charge on any atom is 0.410 e. The molecular weight excluding hydrogens is 282 g/mol. The maximum absolute atomic E-state index is 11.9. The summed E-state index contributed by atoms with van der Waals surface area (Å²) in [5.74, 6) is 0.0902. The van der Waals surface area contributed by atoms with Crippen LogP contribution in [0.4, 0.5) is 4.79 Å². The number of rotatable bonds is 1. The van der Waals surface area contributed by atoms with E-state index < -0.39 is 5.79 Å². The fourth-order valence-electron chi connectivity index (χ4n) is 3.09. The van der Waals surface area contributed by atoms with E-state index in [1.165, 1.54) is 46.0 Å². The van der Waals surface area contributed by atoms with Crippen molar-refractivity contribution >= 4 is 6.09 Å². The lowest BCUT2D eigenvalue weighted by molar-refractivity contribution is -0.127. The van der Waals surface area contributed by atoms with E-state index in [0.717, 1.165) is 24.9 Å². The Labute approximate surface area is 134 Å². The van der Waals surface area contributed by atoms with E-state index in [4.69, 9.17) is 14.9 Å². The van der Waals surface area contributed by atoms with Crippen LogP contribution in [0.5, 0.6) is 0 Å². The van der Waals surface area contributed by atoms with Crippen molar-refractivity contribution in [2.24, 2.45) is 11.8 Å². The lowest BCUT2D eigenvalue weighted by Gasteiger charge is -2.25. The third-order valence-electron chi connectivity index (χ3n) is 3.94. The Hall–Kier alpha value is -0.810. The Morgan fingerprint density at radius 2 is 1.50 bits per heavy atom. The van der Waals surface area contributed by atoms with Gasteiger partial charge in [-0.3, -0.25) is 0 Å². The summed E-state index contributed by atoms with van der Waals surface area (Å²) < 4.78 is 5.42. The Bertz CT molecular complexity index is 345. The Morgan fingerprint density at radius 1 is 1.00 bits per heavy atom. The predicted octanol–water partition coefficient (Wildman–Crippen LogP) is 3.14. The van der Waals surface area contributed by atoms with Gasteiger partial charge in [-0.05, 0) is 52.9 Å². The van der Waals surface area contributed by atoms with Crippen molar-refractivity contribution in [2.75, 3.05) is 13.1 Å². The van der Waals surface area contributed by atoms with Gasteiger partial charge in [0.15, 0.2) is 5.79 Å². The van der Waals surface area contributed by atoms with Crippen molar-refractivity contribution in [3.05, 3.63) is 0 Å². The number of hydrogen-bond donors (Lipinski definition) is 2. The van der Waals surface area contributed by atoms with Gasteiger partial charge in [-0.2, -0.15) is 0 Å². The molecule has 22 heavy (non-hydrogen) atoms. The van der Waals surface area contributed by atoms with Crippen LogP contribution in [0.1, 0.15) is 66.7 Å². The number of carbonyl (C=O) groups is 1. The molecule has 2 fully saturated rings. The lowest BCUT2D eigenvalue weighted by Crippen LogP contribution is -2.35. The van der Waals surface area contributed by atoms with Gasteiger partial charge in [0, 0.05) is 13.1 Å². The number of carbonyl (C=O) groups excluding carboxylic acids is 1. The van der Waals surface area contributed by atoms with Gasteiger partial charge >= 0.3 is 6.09 Å². The topological polar surface area (TPSA) is 70.0 Å². The molecule has 0 aromatic heterocycles. The minimum atomic E-state index is -1.50. The summed E-state index contributed by atoms with van der Waals surface area (Å²) in [5, 5.41) is 16.2. The van der Waals surface area contributed by atoms with Gasteiger partial charge in [0.25, 0.3) is 0 Å². The first-order valence-electron chi connectivity index (χ1n) is 8.38. The molecule has 0 bridgehead atoms. The molecule has 1 saturated carbocycles.